The average molecular weight is 976 g/mol. The second kappa shape index (κ2) is 49.7. The SMILES string of the molecule is CC/C=C\C/C=C\C/C=C\C/C=C\CCCCC(=O)OC(COC(=O)CCCCCCCCCCCCCCCCCCC/C=C\CCCCCCCCCC)COP(=O)([O-])OCC[N+](C)(C)C. The third-order valence-corrected chi connectivity index (χ3v) is 13.0. The molecule has 0 aliphatic carbocycles. The van der Waals surface area contributed by atoms with E-state index >= 15 is 0 Å². The molecule has 396 valence electrons. The normalized spacial score (nSPS) is 13.8. The summed E-state index contributed by atoms with van der Waals surface area (Å²) in [5.74, 6) is -0.878. The van der Waals surface area contributed by atoms with Crippen molar-refractivity contribution in [1.29, 1.82) is 0 Å². The zero-order chi connectivity index (χ0) is 49.9. The number of ether oxygens (including phenoxy) is 2. The van der Waals surface area contributed by atoms with Crippen LogP contribution in [0.2, 0.25) is 0 Å². The van der Waals surface area contributed by atoms with Crippen molar-refractivity contribution in [3.63, 3.8) is 0 Å². The van der Waals surface area contributed by atoms with E-state index in [1.807, 2.05) is 21.1 Å². The second-order valence-electron chi connectivity index (χ2n) is 19.9. The van der Waals surface area contributed by atoms with Crippen LogP contribution in [0.5, 0.6) is 0 Å². The van der Waals surface area contributed by atoms with Crippen LogP contribution in [0, 0.1) is 0 Å². The van der Waals surface area contributed by atoms with Crippen LogP contribution in [0.25, 0.3) is 0 Å². The molecule has 0 heterocycles. The summed E-state index contributed by atoms with van der Waals surface area (Å²) in [5, 5.41) is 0. The number of hydrogen-bond donors (Lipinski definition) is 0. The number of likely N-dealkylation sites (N-methyl/N-ethyl adjacent to an activating group) is 1. The lowest BCUT2D eigenvalue weighted by molar-refractivity contribution is -0.870. The molecule has 0 fully saturated rings. The van der Waals surface area contributed by atoms with Crippen LogP contribution in [-0.2, 0) is 32.7 Å². The topological polar surface area (TPSA) is 111 Å². The Labute approximate surface area is 419 Å². The van der Waals surface area contributed by atoms with Crippen molar-refractivity contribution in [3.05, 3.63) is 60.8 Å². The van der Waals surface area contributed by atoms with Crippen molar-refractivity contribution in [1.82, 2.24) is 0 Å². The largest absolute Gasteiger partial charge is 0.756 e. The van der Waals surface area contributed by atoms with Crippen molar-refractivity contribution in [2.75, 3.05) is 47.5 Å². The third-order valence-electron chi connectivity index (χ3n) is 12.0. The number of nitrogens with zero attached hydrogens (tertiary/aromatic N) is 1. The lowest BCUT2D eigenvalue weighted by Gasteiger charge is -2.28. The highest BCUT2D eigenvalue weighted by Gasteiger charge is 2.21. The quantitative estimate of drug-likeness (QED) is 0.0195. The molecular formula is C58H106NO8P. The molecule has 0 aromatic carbocycles. The second-order valence-corrected chi connectivity index (χ2v) is 21.3. The highest BCUT2D eigenvalue weighted by Crippen LogP contribution is 2.38. The summed E-state index contributed by atoms with van der Waals surface area (Å²) in [6.45, 7) is 4.09. The van der Waals surface area contributed by atoms with Crippen molar-refractivity contribution >= 4 is 19.8 Å². The summed E-state index contributed by atoms with van der Waals surface area (Å²) in [6, 6.07) is 0. The lowest BCUT2D eigenvalue weighted by Crippen LogP contribution is -2.37. The van der Waals surface area contributed by atoms with Gasteiger partial charge in [-0.05, 0) is 77.0 Å². The molecule has 0 saturated heterocycles. The first-order chi connectivity index (χ1) is 33.0. The minimum absolute atomic E-state index is 0.0402. The number of quaternary nitrogens is 1. The molecule has 2 unspecified atom stereocenters. The molecule has 0 aliphatic heterocycles. The Morgan fingerprint density at radius 3 is 1.29 bits per heavy atom. The van der Waals surface area contributed by atoms with Crippen molar-refractivity contribution in [3.8, 4) is 0 Å². The van der Waals surface area contributed by atoms with Gasteiger partial charge in [0.1, 0.15) is 19.8 Å². The fourth-order valence-electron chi connectivity index (χ4n) is 7.70. The Kier molecular flexibility index (Phi) is 48.0. The fraction of sp³-hybridized carbons (Fsp3) is 0.793. The predicted molar refractivity (Wildman–Crippen MR) is 287 cm³/mol. The van der Waals surface area contributed by atoms with E-state index in [0.29, 0.717) is 17.4 Å². The Hall–Kier alpha value is -2.29. The van der Waals surface area contributed by atoms with Crippen LogP contribution in [-0.4, -0.2) is 70.0 Å². The van der Waals surface area contributed by atoms with E-state index in [-0.39, 0.29) is 26.1 Å². The first-order valence-corrected chi connectivity index (χ1v) is 29.5. The van der Waals surface area contributed by atoms with Crippen LogP contribution in [0.4, 0.5) is 0 Å². The highest BCUT2D eigenvalue weighted by molar-refractivity contribution is 7.45. The standard InChI is InChI=1S/C58H106NO8P/c1-6-8-10-12-14-16-18-20-22-23-24-25-26-27-28-29-30-31-32-33-34-35-37-38-40-42-44-46-48-50-57(60)64-54-56(55-66-68(62,63)65-53-52-59(3,4)5)67-58(61)51-49-47-45-43-41-39-36-21-19-17-15-13-11-9-7-2/h9,11,15,17,21,23-24,36,41,43,56H,6-8,10,12-14,16,18-20,22,25-35,37-40,42,44-55H2,1-5H3/b11-9-,17-15-,24-23-,36-21-,43-41-. The number of hydrogen-bond acceptors (Lipinski definition) is 8. The molecule has 0 spiro atoms. The van der Waals surface area contributed by atoms with Gasteiger partial charge in [0.05, 0.1) is 27.7 Å². The fourth-order valence-corrected chi connectivity index (χ4v) is 8.43. The Morgan fingerprint density at radius 2 is 0.838 bits per heavy atom. The van der Waals surface area contributed by atoms with Gasteiger partial charge in [-0.2, -0.15) is 0 Å². The predicted octanol–water partition coefficient (Wildman–Crippen LogP) is 16.5. The summed E-state index contributed by atoms with van der Waals surface area (Å²) in [4.78, 5) is 37.7. The number of phosphoric acid groups is 1. The molecular weight excluding hydrogens is 870 g/mol. The number of esters is 2. The summed E-state index contributed by atoms with van der Waals surface area (Å²) in [7, 11) is 1.14. The molecule has 0 bridgehead atoms. The van der Waals surface area contributed by atoms with Crippen LogP contribution in [0.3, 0.4) is 0 Å². The number of phosphoric ester groups is 1. The van der Waals surface area contributed by atoms with Gasteiger partial charge in [-0.15, -0.1) is 0 Å². The van der Waals surface area contributed by atoms with E-state index in [2.05, 4.69) is 74.6 Å². The minimum atomic E-state index is -4.64. The molecule has 0 N–H and O–H groups in total. The van der Waals surface area contributed by atoms with Gasteiger partial charge in [-0.25, -0.2) is 0 Å². The molecule has 68 heavy (non-hydrogen) atoms. The summed E-state index contributed by atoms with van der Waals surface area (Å²) in [6.07, 6.45) is 62.9. The van der Waals surface area contributed by atoms with Gasteiger partial charge >= 0.3 is 11.9 Å². The van der Waals surface area contributed by atoms with Crippen LogP contribution >= 0.6 is 7.82 Å². The van der Waals surface area contributed by atoms with E-state index in [1.165, 1.54) is 154 Å². The molecule has 0 radical (unpaired) electrons. The van der Waals surface area contributed by atoms with Crippen LogP contribution < -0.4 is 4.89 Å². The zero-order valence-corrected chi connectivity index (χ0v) is 45.7. The van der Waals surface area contributed by atoms with E-state index in [0.717, 1.165) is 57.8 Å². The summed E-state index contributed by atoms with van der Waals surface area (Å²) in [5.41, 5.74) is 0. The highest BCUT2D eigenvalue weighted by atomic mass is 31.2. The Balaban J connectivity index is 4.10. The van der Waals surface area contributed by atoms with Gasteiger partial charge in [0.25, 0.3) is 7.82 Å². The van der Waals surface area contributed by atoms with Gasteiger partial charge in [0, 0.05) is 12.8 Å². The maximum Gasteiger partial charge on any atom is 0.306 e. The monoisotopic (exact) mass is 976 g/mol. The molecule has 10 heteroatoms. The first kappa shape index (κ1) is 65.7. The van der Waals surface area contributed by atoms with Gasteiger partial charge in [0.2, 0.25) is 0 Å². The van der Waals surface area contributed by atoms with Crippen molar-refractivity contribution in [2.24, 2.45) is 0 Å². The van der Waals surface area contributed by atoms with E-state index < -0.39 is 32.5 Å². The number of carbonyl (C=O) groups is 2. The Morgan fingerprint density at radius 1 is 0.471 bits per heavy atom. The van der Waals surface area contributed by atoms with Crippen molar-refractivity contribution < 1.29 is 42.1 Å². The maximum absolute atomic E-state index is 12.7. The third kappa shape index (κ3) is 53.1. The van der Waals surface area contributed by atoms with Crippen LogP contribution in [0.1, 0.15) is 245 Å². The molecule has 0 rings (SSSR count). The summed E-state index contributed by atoms with van der Waals surface area (Å²) < 4.78 is 34.0. The molecule has 0 aromatic rings. The molecule has 0 amide bonds. The van der Waals surface area contributed by atoms with Gasteiger partial charge in [0.15, 0.2) is 6.10 Å². The van der Waals surface area contributed by atoms with Gasteiger partial charge < -0.3 is 27.9 Å². The maximum atomic E-state index is 12.7. The zero-order valence-electron chi connectivity index (χ0n) is 44.8. The number of allylic oxidation sites excluding steroid dienone is 10. The minimum Gasteiger partial charge on any atom is -0.756 e. The van der Waals surface area contributed by atoms with Crippen LogP contribution in [0.15, 0.2) is 60.8 Å². The lowest BCUT2D eigenvalue weighted by atomic mass is 10.0. The number of carbonyl (C=O) groups excluding carboxylic acids is 2. The molecule has 9 nitrogen and oxygen atoms in total. The molecule has 0 aromatic heterocycles. The number of rotatable bonds is 51. The smallest absolute Gasteiger partial charge is 0.306 e. The molecule has 2 atom stereocenters. The molecule has 0 aliphatic rings. The number of unbranched alkanes of at least 4 members (excludes halogenated alkanes) is 27. The van der Waals surface area contributed by atoms with E-state index in [1.54, 1.807) is 0 Å². The average Bonchev–Trinajstić information content (AvgIpc) is 3.30. The van der Waals surface area contributed by atoms with Gasteiger partial charge in [-0.1, -0.05) is 216 Å². The first-order valence-electron chi connectivity index (χ1n) is 28.0. The van der Waals surface area contributed by atoms with Gasteiger partial charge in [-0.3, -0.25) is 14.2 Å². The van der Waals surface area contributed by atoms with Crippen molar-refractivity contribution in [2.45, 2.75) is 251 Å². The Bertz CT molecular complexity index is 1340. The van der Waals surface area contributed by atoms with E-state index in [9.17, 15) is 19.0 Å². The van der Waals surface area contributed by atoms with E-state index in [4.69, 9.17) is 18.5 Å². The summed E-state index contributed by atoms with van der Waals surface area (Å²) >= 11 is 0. The molecule has 0 saturated carbocycles.